The number of carbonyl (C=O) groups is 1. The first-order valence-electron chi connectivity index (χ1n) is 8.78. The summed E-state index contributed by atoms with van der Waals surface area (Å²) in [5.74, 6) is -0.163. The molecule has 29 heavy (non-hydrogen) atoms. The number of rotatable bonds is 4. The van der Waals surface area contributed by atoms with Gasteiger partial charge in [0.1, 0.15) is 0 Å². The van der Waals surface area contributed by atoms with E-state index in [-0.39, 0.29) is 11.3 Å². The number of benzene rings is 2. The van der Waals surface area contributed by atoms with Crippen LogP contribution >= 0.6 is 27.5 Å². The van der Waals surface area contributed by atoms with E-state index in [1.807, 2.05) is 24.3 Å². The summed E-state index contributed by atoms with van der Waals surface area (Å²) in [7, 11) is 0. The van der Waals surface area contributed by atoms with Crippen LogP contribution in [0.25, 0.3) is 22.7 Å². The number of nitrogens with one attached hydrogen (secondary N) is 1. The Kier molecular flexibility index (Phi) is 5.22. The molecule has 7 heteroatoms. The van der Waals surface area contributed by atoms with Gasteiger partial charge in [-0.15, -0.1) is 0 Å². The monoisotopic (exact) mass is 467 g/mol. The number of pyridine rings is 1. The number of aromatic amines is 1. The van der Waals surface area contributed by atoms with Crippen LogP contribution in [0.15, 0.2) is 70.1 Å². The molecule has 1 N–H and O–H groups in total. The van der Waals surface area contributed by atoms with Crippen molar-refractivity contribution in [2.75, 3.05) is 0 Å². The molecule has 5 nitrogen and oxygen atoms in total. The summed E-state index contributed by atoms with van der Waals surface area (Å²) in [5.41, 5.74) is 2.99. The Labute approximate surface area is 179 Å². The van der Waals surface area contributed by atoms with Crippen LogP contribution in [-0.4, -0.2) is 20.5 Å². The van der Waals surface area contributed by atoms with Crippen molar-refractivity contribution < 1.29 is 4.79 Å². The number of fused-ring (bicyclic) bond motifs is 1. The van der Waals surface area contributed by atoms with Gasteiger partial charge in [0.05, 0.1) is 28.7 Å². The summed E-state index contributed by atoms with van der Waals surface area (Å²) < 4.78 is 2.57. The molecule has 0 unspecified atom stereocenters. The van der Waals surface area contributed by atoms with Crippen LogP contribution in [0, 0.1) is 6.92 Å². The van der Waals surface area contributed by atoms with Crippen LogP contribution in [0.5, 0.6) is 0 Å². The summed E-state index contributed by atoms with van der Waals surface area (Å²) in [6, 6.07) is 14.3. The van der Waals surface area contributed by atoms with Gasteiger partial charge in [-0.3, -0.25) is 9.59 Å². The van der Waals surface area contributed by atoms with Crippen LogP contribution in [0.3, 0.4) is 0 Å². The third-order valence-electron chi connectivity index (χ3n) is 4.58. The molecule has 4 rings (SSSR count). The fraction of sp³-hybridized carbons (Fsp3) is 0.0455. The Morgan fingerprint density at radius 1 is 1.17 bits per heavy atom. The first-order chi connectivity index (χ1) is 13.9. The SMILES string of the molecule is Cc1c(C(=O)/C=C/c2ccc(Br)cc2)cnn1-c1cc(=O)[nH]c2ccc(Cl)cc12. The number of hydrogen-bond donors (Lipinski definition) is 1. The minimum Gasteiger partial charge on any atom is -0.322 e. The lowest BCUT2D eigenvalue weighted by Crippen LogP contribution is -2.10. The van der Waals surface area contributed by atoms with E-state index in [2.05, 4.69) is 26.0 Å². The quantitative estimate of drug-likeness (QED) is 0.325. The van der Waals surface area contributed by atoms with Gasteiger partial charge in [0.2, 0.25) is 0 Å². The number of allylic oxidation sites excluding steroid dienone is 1. The van der Waals surface area contributed by atoms with Crippen molar-refractivity contribution in [1.82, 2.24) is 14.8 Å². The molecule has 0 amide bonds. The molecule has 2 aromatic heterocycles. The van der Waals surface area contributed by atoms with E-state index in [1.54, 1.807) is 35.9 Å². The van der Waals surface area contributed by atoms with Gasteiger partial charge in [0.15, 0.2) is 5.78 Å². The second-order valence-electron chi connectivity index (χ2n) is 6.51. The van der Waals surface area contributed by atoms with Crippen LogP contribution in [0.1, 0.15) is 21.6 Å². The van der Waals surface area contributed by atoms with Gasteiger partial charge in [-0.05, 0) is 48.9 Å². The average molecular weight is 469 g/mol. The van der Waals surface area contributed by atoms with E-state index >= 15 is 0 Å². The molecule has 0 spiro atoms. The molecule has 0 aliphatic carbocycles. The minimum atomic E-state index is -0.257. The molecule has 2 aromatic carbocycles. The summed E-state index contributed by atoms with van der Waals surface area (Å²) >= 11 is 9.52. The molecular weight excluding hydrogens is 454 g/mol. The van der Waals surface area contributed by atoms with E-state index < -0.39 is 0 Å². The summed E-state index contributed by atoms with van der Waals surface area (Å²) in [5, 5.41) is 5.64. The van der Waals surface area contributed by atoms with Crippen molar-refractivity contribution in [2.45, 2.75) is 6.92 Å². The van der Waals surface area contributed by atoms with E-state index in [1.165, 1.54) is 18.3 Å². The standard InChI is InChI=1S/C22H15BrClN3O2/c1-13-18(21(28)9-4-14-2-5-15(23)6-3-14)12-25-27(13)20-11-22(29)26-19-8-7-16(24)10-17(19)20/h2-12H,1H3,(H,26,29)/b9-4+. The Hall–Kier alpha value is -2.96. The van der Waals surface area contributed by atoms with Crippen LogP contribution in [0.4, 0.5) is 0 Å². The highest BCUT2D eigenvalue weighted by molar-refractivity contribution is 9.10. The first kappa shape index (κ1) is 19.4. The van der Waals surface area contributed by atoms with Crippen molar-refractivity contribution in [1.29, 1.82) is 0 Å². The third kappa shape index (κ3) is 3.95. The number of aromatic nitrogens is 3. The molecule has 2 heterocycles. The van der Waals surface area contributed by atoms with E-state index in [0.717, 1.165) is 15.4 Å². The molecule has 4 aromatic rings. The fourth-order valence-corrected chi connectivity index (χ4v) is 3.55. The van der Waals surface area contributed by atoms with E-state index in [9.17, 15) is 9.59 Å². The smallest absolute Gasteiger partial charge is 0.250 e. The highest BCUT2D eigenvalue weighted by Crippen LogP contribution is 2.24. The second-order valence-corrected chi connectivity index (χ2v) is 7.87. The van der Waals surface area contributed by atoms with E-state index in [0.29, 0.717) is 27.5 Å². The maximum absolute atomic E-state index is 12.7. The summed E-state index contributed by atoms with van der Waals surface area (Å²) in [6.07, 6.45) is 4.79. The Morgan fingerprint density at radius 2 is 1.93 bits per heavy atom. The zero-order chi connectivity index (χ0) is 20.5. The number of H-pyrrole nitrogens is 1. The van der Waals surface area contributed by atoms with Gasteiger partial charge in [-0.2, -0.15) is 5.10 Å². The summed E-state index contributed by atoms with van der Waals surface area (Å²) in [6.45, 7) is 1.80. The molecular formula is C22H15BrClN3O2. The Morgan fingerprint density at radius 3 is 2.69 bits per heavy atom. The predicted molar refractivity (Wildman–Crippen MR) is 119 cm³/mol. The maximum atomic E-state index is 12.7. The lowest BCUT2D eigenvalue weighted by molar-refractivity contribution is 0.104. The number of halogens is 2. The molecule has 0 fully saturated rings. The highest BCUT2D eigenvalue weighted by Gasteiger charge is 2.15. The van der Waals surface area contributed by atoms with Crippen molar-refractivity contribution in [2.24, 2.45) is 0 Å². The first-order valence-corrected chi connectivity index (χ1v) is 9.95. The van der Waals surface area contributed by atoms with Crippen LogP contribution in [0.2, 0.25) is 5.02 Å². The molecule has 144 valence electrons. The molecule has 0 aliphatic rings. The zero-order valence-corrected chi connectivity index (χ0v) is 17.7. The lowest BCUT2D eigenvalue weighted by Gasteiger charge is -2.09. The topological polar surface area (TPSA) is 67.8 Å². The number of carbonyl (C=O) groups excluding carboxylic acids is 1. The molecule has 0 atom stereocenters. The third-order valence-corrected chi connectivity index (χ3v) is 5.35. The number of hydrogen-bond acceptors (Lipinski definition) is 3. The van der Waals surface area contributed by atoms with Gasteiger partial charge in [0, 0.05) is 20.9 Å². The Bertz CT molecular complexity index is 1320. The molecule has 0 radical (unpaired) electrons. The van der Waals surface area contributed by atoms with Gasteiger partial charge in [-0.1, -0.05) is 45.7 Å². The second kappa shape index (κ2) is 7.81. The summed E-state index contributed by atoms with van der Waals surface area (Å²) in [4.78, 5) is 27.6. The fourth-order valence-electron chi connectivity index (χ4n) is 3.11. The average Bonchev–Trinajstić information content (AvgIpc) is 3.08. The van der Waals surface area contributed by atoms with Gasteiger partial charge >= 0.3 is 0 Å². The van der Waals surface area contributed by atoms with Gasteiger partial charge < -0.3 is 4.98 Å². The van der Waals surface area contributed by atoms with Crippen molar-refractivity contribution in [3.63, 3.8) is 0 Å². The minimum absolute atomic E-state index is 0.163. The molecule has 0 bridgehead atoms. The Balaban J connectivity index is 1.73. The van der Waals surface area contributed by atoms with E-state index in [4.69, 9.17) is 11.6 Å². The van der Waals surface area contributed by atoms with Gasteiger partial charge in [-0.25, -0.2) is 4.68 Å². The lowest BCUT2D eigenvalue weighted by atomic mass is 10.1. The zero-order valence-electron chi connectivity index (χ0n) is 15.3. The number of nitrogens with zero attached hydrogens (tertiary/aromatic N) is 2. The maximum Gasteiger partial charge on any atom is 0.250 e. The van der Waals surface area contributed by atoms with Gasteiger partial charge in [0.25, 0.3) is 5.56 Å². The van der Waals surface area contributed by atoms with Crippen LogP contribution in [-0.2, 0) is 0 Å². The van der Waals surface area contributed by atoms with Crippen molar-refractivity contribution in [3.8, 4) is 5.69 Å². The molecule has 0 saturated carbocycles. The normalized spacial score (nSPS) is 11.4. The molecule has 0 saturated heterocycles. The predicted octanol–water partition coefficient (Wildman–Crippen LogP) is 5.33. The van der Waals surface area contributed by atoms with Crippen LogP contribution < -0.4 is 5.56 Å². The molecule has 0 aliphatic heterocycles. The van der Waals surface area contributed by atoms with Crippen molar-refractivity contribution in [3.05, 3.63) is 97.5 Å². The highest BCUT2D eigenvalue weighted by atomic mass is 79.9. The van der Waals surface area contributed by atoms with Crippen molar-refractivity contribution >= 4 is 50.3 Å². The number of ketones is 1. The largest absolute Gasteiger partial charge is 0.322 e.